The number of halogens is 3. The first-order chi connectivity index (χ1) is 11.2. The van der Waals surface area contributed by atoms with Crippen molar-refractivity contribution in [2.24, 2.45) is 9.98 Å². The minimum Gasteiger partial charge on any atom is -0.279 e. The van der Waals surface area contributed by atoms with Gasteiger partial charge in [-0.05, 0) is 42.9 Å². The molecular formula is C16H16F3N2OPS. The average molecular weight is 372 g/mol. The lowest BCUT2D eigenvalue weighted by molar-refractivity contribution is -0.0384. The van der Waals surface area contributed by atoms with E-state index in [9.17, 15) is 17.4 Å². The number of nitrogens with zero attached hydrogens (tertiary/aromatic N) is 2. The lowest BCUT2D eigenvalue weighted by Gasteiger charge is -2.08. The molecule has 0 aromatic heterocycles. The van der Waals surface area contributed by atoms with E-state index in [1.807, 2.05) is 19.7 Å². The molecule has 2 atom stereocenters. The maximum absolute atomic E-state index is 12.5. The van der Waals surface area contributed by atoms with Crippen molar-refractivity contribution in [3.05, 3.63) is 48.1 Å². The second-order valence-electron chi connectivity index (χ2n) is 5.09. The average Bonchev–Trinajstić information content (AvgIpc) is 2.97. The van der Waals surface area contributed by atoms with E-state index in [2.05, 4.69) is 16.6 Å². The van der Waals surface area contributed by atoms with Crippen LogP contribution in [0.25, 0.3) is 5.70 Å². The van der Waals surface area contributed by atoms with Gasteiger partial charge in [-0.1, -0.05) is 27.3 Å². The molecule has 0 saturated carbocycles. The van der Waals surface area contributed by atoms with Gasteiger partial charge in [-0.25, -0.2) is 9.20 Å². The Kier molecular flexibility index (Phi) is 5.88. The van der Waals surface area contributed by atoms with Gasteiger partial charge in [0.05, 0.1) is 23.4 Å². The Balaban J connectivity index is 2.21. The fourth-order valence-electron chi connectivity index (χ4n) is 2.02. The van der Waals surface area contributed by atoms with Gasteiger partial charge in [-0.15, -0.1) is 0 Å². The molecule has 1 aliphatic rings. The monoisotopic (exact) mass is 372 g/mol. The zero-order valence-electron chi connectivity index (χ0n) is 13.1. The number of hydrogen-bond donors (Lipinski definition) is 0. The maximum atomic E-state index is 12.5. The van der Waals surface area contributed by atoms with E-state index in [-0.39, 0.29) is 4.90 Å². The van der Waals surface area contributed by atoms with Gasteiger partial charge in [0.2, 0.25) is 0 Å². The highest BCUT2D eigenvalue weighted by atomic mass is 32.2. The number of hydrogen-bond acceptors (Lipinski definition) is 3. The molecule has 0 saturated heterocycles. The molecule has 1 heterocycles. The van der Waals surface area contributed by atoms with Crippen LogP contribution in [0.15, 0.2) is 57.4 Å². The first-order valence-corrected chi connectivity index (χ1v) is 9.63. The predicted molar refractivity (Wildman–Crippen MR) is 95.7 cm³/mol. The van der Waals surface area contributed by atoms with Gasteiger partial charge in [0, 0.05) is 4.90 Å². The van der Waals surface area contributed by atoms with Crippen LogP contribution in [0.3, 0.4) is 0 Å². The van der Waals surface area contributed by atoms with Crippen LogP contribution >= 0.6 is 8.58 Å². The molecule has 1 aromatic rings. The number of rotatable bonds is 5. The van der Waals surface area contributed by atoms with Crippen molar-refractivity contribution >= 4 is 36.2 Å². The van der Waals surface area contributed by atoms with E-state index in [0.29, 0.717) is 26.4 Å². The van der Waals surface area contributed by atoms with E-state index in [4.69, 9.17) is 0 Å². The topological polar surface area (TPSA) is 41.8 Å². The molecule has 0 amide bonds. The predicted octanol–water partition coefficient (Wildman–Crippen LogP) is 4.39. The smallest absolute Gasteiger partial charge is 0.279 e. The number of allylic oxidation sites excluding steroid dienone is 1. The molecule has 0 aliphatic carbocycles. The quantitative estimate of drug-likeness (QED) is 0.558. The van der Waals surface area contributed by atoms with Gasteiger partial charge in [0.25, 0.3) is 0 Å². The fraction of sp³-hybridized carbons (Fsp3) is 0.250. The largest absolute Gasteiger partial charge is 0.475 e. The normalized spacial score (nSPS) is 17.1. The van der Waals surface area contributed by atoms with Gasteiger partial charge < -0.3 is 0 Å². The van der Waals surface area contributed by atoms with Crippen molar-refractivity contribution in [3.8, 4) is 0 Å². The summed E-state index contributed by atoms with van der Waals surface area (Å²) in [4.78, 5) is 8.57. The third kappa shape index (κ3) is 4.48. The number of alkyl halides is 3. The summed E-state index contributed by atoms with van der Waals surface area (Å²) in [5.74, 6) is 0. The van der Waals surface area contributed by atoms with Crippen LogP contribution in [0.2, 0.25) is 0 Å². The van der Waals surface area contributed by atoms with Crippen LogP contribution in [0.5, 0.6) is 0 Å². The summed E-state index contributed by atoms with van der Waals surface area (Å²) in [6.45, 7) is 8.49. The summed E-state index contributed by atoms with van der Waals surface area (Å²) in [7, 11) is -2.62. The van der Waals surface area contributed by atoms with Crippen molar-refractivity contribution in [2.75, 3.05) is 13.2 Å². The Morgan fingerprint density at radius 3 is 2.42 bits per heavy atom. The zero-order valence-corrected chi connectivity index (χ0v) is 15.0. The molecule has 8 heteroatoms. The van der Waals surface area contributed by atoms with E-state index in [0.717, 1.165) is 16.7 Å². The van der Waals surface area contributed by atoms with Crippen LogP contribution in [0.4, 0.5) is 13.2 Å². The second-order valence-corrected chi connectivity index (χ2v) is 7.53. The Bertz CT molecular complexity index is 765. The Labute approximate surface area is 142 Å². The minimum absolute atomic E-state index is 0.292. The van der Waals surface area contributed by atoms with Crippen molar-refractivity contribution in [3.63, 3.8) is 0 Å². The van der Waals surface area contributed by atoms with Crippen LogP contribution in [-0.4, -0.2) is 34.1 Å². The SMILES string of the molecule is C=C(N=C(PC)C1=NCC(C)=C1)c1ccc(S(=O)C(F)(F)F)cc1. The molecule has 1 aliphatic heterocycles. The van der Waals surface area contributed by atoms with E-state index in [1.54, 1.807) is 0 Å². The van der Waals surface area contributed by atoms with E-state index in [1.165, 1.54) is 24.3 Å². The van der Waals surface area contributed by atoms with Gasteiger partial charge in [0.15, 0.2) is 10.8 Å². The standard InChI is InChI=1S/C16H16F3N2OPS/c1-10-8-14(20-9-10)15(23-3)21-11(2)12-4-6-13(7-5-12)24(22)16(17,18)19/h4-8,23H,2,9H2,1,3H3. The van der Waals surface area contributed by atoms with Crippen molar-refractivity contribution in [2.45, 2.75) is 17.3 Å². The molecule has 0 radical (unpaired) electrons. The first-order valence-electron chi connectivity index (χ1n) is 6.98. The van der Waals surface area contributed by atoms with E-state index >= 15 is 0 Å². The van der Waals surface area contributed by atoms with E-state index < -0.39 is 16.3 Å². The Morgan fingerprint density at radius 2 is 1.96 bits per heavy atom. The summed E-state index contributed by atoms with van der Waals surface area (Å²) in [6.07, 6.45) is 1.97. The van der Waals surface area contributed by atoms with Gasteiger partial charge in [-0.3, -0.25) is 4.99 Å². The summed E-state index contributed by atoms with van der Waals surface area (Å²) in [5.41, 5.74) is -0.972. The lowest BCUT2D eigenvalue weighted by atomic mass is 10.2. The summed E-state index contributed by atoms with van der Waals surface area (Å²) >= 11 is 0. The molecule has 0 fully saturated rings. The Hall–Kier alpha value is -1.59. The molecule has 0 spiro atoms. The molecular weight excluding hydrogens is 356 g/mol. The highest BCUT2D eigenvalue weighted by Crippen LogP contribution is 2.27. The van der Waals surface area contributed by atoms with Crippen LogP contribution in [-0.2, 0) is 10.8 Å². The minimum atomic E-state index is -4.77. The molecule has 3 nitrogen and oxygen atoms in total. The summed E-state index contributed by atoms with van der Waals surface area (Å²) in [6, 6.07) is 5.26. The third-order valence-electron chi connectivity index (χ3n) is 3.22. The number of benzene rings is 1. The molecule has 0 N–H and O–H groups in total. The highest BCUT2D eigenvalue weighted by Gasteiger charge is 2.37. The van der Waals surface area contributed by atoms with Crippen LogP contribution in [0, 0.1) is 0 Å². The zero-order chi connectivity index (χ0) is 17.9. The maximum Gasteiger partial charge on any atom is 0.475 e. The second kappa shape index (κ2) is 7.53. The van der Waals surface area contributed by atoms with Gasteiger partial charge >= 0.3 is 5.51 Å². The van der Waals surface area contributed by atoms with Crippen molar-refractivity contribution < 1.29 is 17.4 Å². The van der Waals surface area contributed by atoms with Crippen LogP contribution in [0.1, 0.15) is 12.5 Å². The van der Waals surface area contributed by atoms with Crippen molar-refractivity contribution in [1.82, 2.24) is 0 Å². The van der Waals surface area contributed by atoms with Gasteiger partial charge in [-0.2, -0.15) is 13.2 Å². The van der Waals surface area contributed by atoms with Crippen LogP contribution < -0.4 is 0 Å². The molecule has 24 heavy (non-hydrogen) atoms. The Morgan fingerprint density at radius 1 is 1.33 bits per heavy atom. The summed E-state index contributed by atoms with van der Waals surface area (Å²) < 4.78 is 48.7. The molecule has 128 valence electrons. The summed E-state index contributed by atoms with van der Waals surface area (Å²) in [5, 5.41) is 0. The molecule has 2 rings (SSSR count). The molecule has 0 bridgehead atoms. The highest BCUT2D eigenvalue weighted by molar-refractivity contribution is 7.86. The lowest BCUT2D eigenvalue weighted by Crippen LogP contribution is -2.16. The fourth-order valence-corrected chi connectivity index (χ4v) is 3.33. The first kappa shape index (κ1) is 18.7. The van der Waals surface area contributed by atoms with Gasteiger partial charge in [0.1, 0.15) is 0 Å². The molecule has 1 aromatic carbocycles. The van der Waals surface area contributed by atoms with Crippen molar-refractivity contribution in [1.29, 1.82) is 0 Å². The number of aliphatic imine (C=N–C) groups is 2. The molecule has 2 unspecified atom stereocenters. The third-order valence-corrected chi connectivity index (χ3v) is 5.18.